The molecule has 0 bridgehead atoms. The third-order valence-electron chi connectivity index (χ3n) is 2.53. The molecule has 3 rings (SSSR count). The Balaban J connectivity index is 1.97. The van der Waals surface area contributed by atoms with Crippen molar-refractivity contribution >= 4 is 0 Å². The largest absolute Gasteiger partial charge is 0.586 e. The van der Waals surface area contributed by atoms with Gasteiger partial charge < -0.3 is 19.8 Å². The Labute approximate surface area is 101 Å². The van der Waals surface area contributed by atoms with E-state index in [9.17, 15) is 8.78 Å². The molecule has 0 radical (unpaired) electrons. The van der Waals surface area contributed by atoms with Gasteiger partial charge in [-0.05, 0) is 12.1 Å². The van der Waals surface area contributed by atoms with Crippen LogP contribution in [0.1, 0.15) is 5.69 Å². The van der Waals surface area contributed by atoms with Crippen LogP contribution in [0.4, 0.5) is 8.78 Å². The topological polar surface area (TPSA) is 62.3 Å². The van der Waals surface area contributed by atoms with Crippen LogP contribution >= 0.6 is 0 Å². The van der Waals surface area contributed by atoms with Gasteiger partial charge in [-0.25, -0.2) is 4.98 Å². The van der Waals surface area contributed by atoms with Gasteiger partial charge in [-0.3, -0.25) is 0 Å². The Bertz CT molecular complexity index is 598. The summed E-state index contributed by atoms with van der Waals surface area (Å²) in [6.07, 6.45) is -0.328. The van der Waals surface area contributed by atoms with E-state index in [1.54, 1.807) is 23.2 Å². The maximum Gasteiger partial charge on any atom is 0.586 e. The zero-order valence-corrected chi connectivity index (χ0v) is 9.14. The second-order valence-electron chi connectivity index (χ2n) is 3.77. The number of alkyl halides is 2. The van der Waals surface area contributed by atoms with Gasteiger partial charge in [0.1, 0.15) is 0 Å². The number of nitrogens with two attached hydrogens (primary N) is 1. The van der Waals surface area contributed by atoms with Crippen LogP contribution in [0.5, 0.6) is 11.5 Å². The van der Waals surface area contributed by atoms with Crippen LogP contribution in [0.3, 0.4) is 0 Å². The van der Waals surface area contributed by atoms with Gasteiger partial charge in [0, 0.05) is 18.8 Å². The van der Waals surface area contributed by atoms with E-state index in [0.29, 0.717) is 17.9 Å². The van der Waals surface area contributed by atoms with Crippen molar-refractivity contribution in [1.29, 1.82) is 0 Å². The van der Waals surface area contributed by atoms with Gasteiger partial charge in [-0.2, -0.15) is 0 Å². The second-order valence-corrected chi connectivity index (χ2v) is 3.77. The van der Waals surface area contributed by atoms with E-state index >= 15 is 0 Å². The first-order valence-electron chi connectivity index (χ1n) is 5.20. The predicted molar refractivity (Wildman–Crippen MR) is 57.7 cm³/mol. The van der Waals surface area contributed by atoms with Crippen LogP contribution in [0, 0.1) is 0 Å². The molecule has 1 aliphatic rings. The van der Waals surface area contributed by atoms with Crippen molar-refractivity contribution in [1.82, 2.24) is 9.55 Å². The summed E-state index contributed by atoms with van der Waals surface area (Å²) in [6, 6.07) is 4.51. The summed E-state index contributed by atoms with van der Waals surface area (Å²) in [7, 11) is 0. The van der Waals surface area contributed by atoms with Crippen molar-refractivity contribution in [3.05, 3.63) is 36.4 Å². The summed E-state index contributed by atoms with van der Waals surface area (Å²) in [5.74, 6) is 0.0170. The fraction of sp³-hybridized carbons (Fsp3) is 0.182. The average molecular weight is 253 g/mol. The molecule has 0 spiro atoms. The van der Waals surface area contributed by atoms with Crippen molar-refractivity contribution in [2.24, 2.45) is 5.73 Å². The lowest BCUT2D eigenvalue weighted by Gasteiger charge is -2.04. The van der Waals surface area contributed by atoms with E-state index in [4.69, 9.17) is 5.73 Å². The SMILES string of the molecule is NCc1cn(-c2ccc3c(c2)OC(F)(F)O3)cn1. The van der Waals surface area contributed by atoms with E-state index in [1.807, 2.05) is 0 Å². The molecule has 1 aliphatic heterocycles. The summed E-state index contributed by atoms with van der Waals surface area (Å²) in [5.41, 5.74) is 6.79. The predicted octanol–water partition coefficient (Wildman–Crippen LogP) is 1.65. The standard InChI is InChI=1S/C11H9F2N3O2/c12-11(13)17-9-2-1-8(3-10(9)18-11)16-5-7(4-14)15-6-16/h1-3,5-6H,4,14H2. The molecule has 0 aliphatic carbocycles. The highest BCUT2D eigenvalue weighted by atomic mass is 19.3. The van der Waals surface area contributed by atoms with Crippen LogP contribution in [0.2, 0.25) is 0 Å². The van der Waals surface area contributed by atoms with Crippen LogP contribution < -0.4 is 15.2 Å². The number of imidazole rings is 1. The summed E-state index contributed by atoms with van der Waals surface area (Å²) >= 11 is 0. The first-order chi connectivity index (χ1) is 8.57. The van der Waals surface area contributed by atoms with Crippen molar-refractivity contribution < 1.29 is 18.3 Å². The molecule has 2 N–H and O–H groups in total. The molecule has 0 saturated heterocycles. The number of hydrogen-bond donors (Lipinski definition) is 1. The molecule has 2 heterocycles. The van der Waals surface area contributed by atoms with Crippen molar-refractivity contribution in [3.8, 4) is 17.2 Å². The molecule has 5 nitrogen and oxygen atoms in total. The number of hydrogen-bond acceptors (Lipinski definition) is 4. The zero-order valence-electron chi connectivity index (χ0n) is 9.14. The van der Waals surface area contributed by atoms with Crippen molar-refractivity contribution in [3.63, 3.8) is 0 Å². The molecule has 94 valence electrons. The maximum absolute atomic E-state index is 12.8. The first kappa shape index (κ1) is 11.0. The lowest BCUT2D eigenvalue weighted by atomic mass is 10.3. The third kappa shape index (κ3) is 1.78. The normalized spacial score (nSPS) is 15.9. The average Bonchev–Trinajstić information content (AvgIpc) is 2.89. The second kappa shape index (κ2) is 3.67. The molecule has 18 heavy (non-hydrogen) atoms. The highest BCUT2D eigenvalue weighted by Gasteiger charge is 2.43. The fourth-order valence-corrected chi connectivity index (χ4v) is 1.71. The molecule has 0 saturated carbocycles. The Morgan fingerprint density at radius 3 is 2.78 bits per heavy atom. The van der Waals surface area contributed by atoms with Gasteiger partial charge in [0.05, 0.1) is 17.7 Å². The van der Waals surface area contributed by atoms with Crippen LogP contribution in [-0.4, -0.2) is 15.8 Å². The molecule has 1 aromatic heterocycles. The fourth-order valence-electron chi connectivity index (χ4n) is 1.71. The van der Waals surface area contributed by atoms with Gasteiger partial charge in [0.2, 0.25) is 0 Å². The molecular formula is C11H9F2N3O2. The Morgan fingerprint density at radius 1 is 1.28 bits per heavy atom. The molecular weight excluding hydrogens is 244 g/mol. The highest BCUT2D eigenvalue weighted by molar-refractivity contribution is 5.50. The quantitative estimate of drug-likeness (QED) is 0.884. The number of fused-ring (bicyclic) bond motifs is 1. The molecule has 0 amide bonds. The highest BCUT2D eigenvalue weighted by Crippen LogP contribution is 2.41. The molecule has 1 aromatic carbocycles. The lowest BCUT2D eigenvalue weighted by molar-refractivity contribution is -0.286. The third-order valence-corrected chi connectivity index (χ3v) is 2.53. The lowest BCUT2D eigenvalue weighted by Crippen LogP contribution is -2.25. The van der Waals surface area contributed by atoms with Crippen molar-refractivity contribution in [2.75, 3.05) is 0 Å². The molecule has 0 atom stereocenters. The molecule has 0 fully saturated rings. The minimum atomic E-state index is -3.60. The summed E-state index contributed by atoms with van der Waals surface area (Å²) in [6.45, 7) is 0.315. The van der Waals surface area contributed by atoms with Gasteiger partial charge in [0.25, 0.3) is 0 Å². The Morgan fingerprint density at radius 2 is 2.06 bits per heavy atom. The molecule has 2 aromatic rings. The molecule has 7 heteroatoms. The van der Waals surface area contributed by atoms with Gasteiger partial charge in [-0.1, -0.05) is 0 Å². The van der Waals surface area contributed by atoms with E-state index < -0.39 is 6.29 Å². The first-order valence-corrected chi connectivity index (χ1v) is 5.20. The smallest absolute Gasteiger partial charge is 0.395 e. The Kier molecular flexibility index (Phi) is 2.24. The van der Waals surface area contributed by atoms with Crippen molar-refractivity contribution in [2.45, 2.75) is 12.8 Å². The summed E-state index contributed by atoms with van der Waals surface area (Å²) < 4.78 is 36.1. The zero-order chi connectivity index (χ0) is 12.8. The maximum atomic E-state index is 12.8. The summed E-state index contributed by atoms with van der Waals surface area (Å²) in [5, 5.41) is 0. The van der Waals surface area contributed by atoms with E-state index in [-0.39, 0.29) is 11.5 Å². The summed E-state index contributed by atoms with van der Waals surface area (Å²) in [4.78, 5) is 4.05. The molecule has 0 unspecified atom stereocenters. The van der Waals surface area contributed by atoms with Gasteiger partial charge in [-0.15, -0.1) is 8.78 Å². The minimum absolute atomic E-state index is 0.000462. The van der Waals surface area contributed by atoms with Gasteiger partial charge in [0.15, 0.2) is 11.5 Å². The number of nitrogens with zero attached hydrogens (tertiary/aromatic N) is 2. The number of rotatable bonds is 2. The van der Waals surface area contributed by atoms with Crippen LogP contribution in [0.25, 0.3) is 5.69 Å². The van der Waals surface area contributed by atoms with E-state index in [0.717, 1.165) is 0 Å². The number of halogens is 2. The minimum Gasteiger partial charge on any atom is -0.395 e. The monoisotopic (exact) mass is 253 g/mol. The van der Waals surface area contributed by atoms with Crippen LogP contribution in [0.15, 0.2) is 30.7 Å². The van der Waals surface area contributed by atoms with E-state index in [2.05, 4.69) is 14.5 Å². The van der Waals surface area contributed by atoms with Crippen LogP contribution in [-0.2, 0) is 6.54 Å². The number of benzene rings is 1. The van der Waals surface area contributed by atoms with E-state index in [1.165, 1.54) is 12.1 Å². The van der Waals surface area contributed by atoms with Gasteiger partial charge >= 0.3 is 6.29 Å². The number of aromatic nitrogens is 2. The number of ether oxygens (including phenoxy) is 2. The Hall–Kier alpha value is -2.15.